The molecule has 0 aliphatic rings. The molecule has 0 nitrogen and oxygen atoms in total. The summed E-state index contributed by atoms with van der Waals surface area (Å²) in [6.45, 7) is 2.31. The third-order valence-corrected chi connectivity index (χ3v) is 13.9. The van der Waals surface area contributed by atoms with Gasteiger partial charge in [0, 0.05) is 0 Å². The average molecular weight is 597 g/mol. The van der Waals surface area contributed by atoms with Gasteiger partial charge in [-0.1, -0.05) is 0 Å². The van der Waals surface area contributed by atoms with Crippen molar-refractivity contribution >= 4 is 23.2 Å². The van der Waals surface area contributed by atoms with E-state index in [2.05, 4.69) is 195 Å². The van der Waals surface area contributed by atoms with E-state index in [0.29, 0.717) is 0 Å². The van der Waals surface area contributed by atoms with Crippen LogP contribution in [-0.2, 0) is 6.16 Å². The monoisotopic (exact) mass is 596 g/mol. The predicted octanol–water partition coefficient (Wildman–Crippen LogP) is 10.2. The van der Waals surface area contributed by atoms with Crippen LogP contribution in [0.1, 0.15) is 11.1 Å². The van der Waals surface area contributed by atoms with Gasteiger partial charge in [-0.15, -0.1) is 0 Å². The Bertz CT molecular complexity index is 1950. The Labute approximate surface area is 268 Å². The number of benzene rings is 7. The third-order valence-electron chi connectivity index (χ3n) is 9.02. The van der Waals surface area contributed by atoms with Crippen LogP contribution >= 0.6 is 7.26 Å². The van der Waals surface area contributed by atoms with Crippen molar-refractivity contribution in [2.45, 2.75) is 13.1 Å². The molecule has 218 valence electrons. The zero-order valence-corrected chi connectivity index (χ0v) is 26.6. The second-order valence-corrected chi connectivity index (χ2v) is 15.6. The van der Waals surface area contributed by atoms with Crippen LogP contribution in [0.2, 0.25) is 0 Å². The van der Waals surface area contributed by atoms with Gasteiger partial charge in [0.2, 0.25) is 0 Å². The van der Waals surface area contributed by atoms with Crippen molar-refractivity contribution in [2.24, 2.45) is 0 Å². The summed E-state index contributed by atoms with van der Waals surface area (Å²) in [5.74, 6) is 0. The van der Waals surface area contributed by atoms with Crippen molar-refractivity contribution in [2.75, 3.05) is 0 Å². The maximum absolute atomic E-state index is 2.71. The van der Waals surface area contributed by atoms with Gasteiger partial charge in [-0.2, -0.15) is 0 Å². The van der Waals surface area contributed by atoms with Gasteiger partial charge in [0.15, 0.2) is 0 Å². The number of aryl methyl sites for hydroxylation is 1. The Kier molecular flexibility index (Phi) is 8.24. The Morgan fingerprint density at radius 1 is 0.378 bits per heavy atom. The van der Waals surface area contributed by atoms with E-state index in [4.69, 9.17) is 0 Å². The standard InChI is InChI=1S/C44H37P/c1-34-32-41(45(39-28-16-6-17-29-39,40-30-18-7-19-31-40)33-35-20-8-2-9-21-35)43(37-24-12-4-13-25-37)44(38-26-14-5-15-27-38)42(34)36-22-10-3-11-23-36/h2-32,45H,33H2,1H3. The van der Waals surface area contributed by atoms with E-state index in [9.17, 15) is 0 Å². The zero-order valence-electron chi connectivity index (χ0n) is 25.6. The van der Waals surface area contributed by atoms with Crippen molar-refractivity contribution in [3.8, 4) is 33.4 Å². The summed E-state index contributed by atoms with van der Waals surface area (Å²) >= 11 is 0. The Balaban J connectivity index is 1.70. The average Bonchev–Trinajstić information content (AvgIpc) is 3.12. The van der Waals surface area contributed by atoms with Gasteiger partial charge >= 0.3 is 269 Å². The van der Waals surface area contributed by atoms with E-state index in [0.717, 1.165) is 6.16 Å². The number of hydrogen-bond acceptors (Lipinski definition) is 0. The quantitative estimate of drug-likeness (QED) is 0.153. The van der Waals surface area contributed by atoms with Crippen molar-refractivity contribution in [1.29, 1.82) is 0 Å². The zero-order chi connectivity index (χ0) is 30.5. The summed E-state index contributed by atoms with van der Waals surface area (Å²) in [4.78, 5) is 0. The molecule has 0 fully saturated rings. The summed E-state index contributed by atoms with van der Waals surface area (Å²) in [5, 5.41) is 4.29. The van der Waals surface area contributed by atoms with Crippen LogP contribution in [0.15, 0.2) is 188 Å². The molecule has 45 heavy (non-hydrogen) atoms. The minimum absolute atomic E-state index is 0.958. The molecule has 0 aliphatic carbocycles. The molecule has 7 aromatic rings. The van der Waals surface area contributed by atoms with E-state index >= 15 is 0 Å². The molecule has 0 N–H and O–H groups in total. The molecular formula is C44H37P. The SMILES string of the molecule is Cc1cc([PH](Cc2ccccc2)(c2ccccc2)c2ccccc2)c(-c2ccccc2)c(-c2ccccc2)c1-c1ccccc1. The molecule has 7 aromatic carbocycles. The Morgan fingerprint density at radius 3 is 1.18 bits per heavy atom. The first-order valence-corrected chi connectivity index (χ1v) is 18.0. The fourth-order valence-electron chi connectivity index (χ4n) is 7.05. The molecule has 0 spiro atoms. The summed E-state index contributed by atoms with van der Waals surface area (Å²) in [5.41, 5.74) is 10.3. The van der Waals surface area contributed by atoms with E-state index in [-0.39, 0.29) is 0 Å². The van der Waals surface area contributed by atoms with Gasteiger partial charge in [0.25, 0.3) is 0 Å². The molecule has 0 saturated heterocycles. The molecule has 0 aliphatic heterocycles. The molecule has 7 rings (SSSR count). The van der Waals surface area contributed by atoms with Gasteiger partial charge in [-0.05, 0) is 0 Å². The summed E-state index contributed by atoms with van der Waals surface area (Å²) < 4.78 is 0. The molecule has 0 atom stereocenters. The normalized spacial score (nSPS) is 11.7. The third kappa shape index (κ3) is 5.55. The van der Waals surface area contributed by atoms with E-state index in [1.807, 2.05) is 0 Å². The molecule has 0 heterocycles. The summed E-state index contributed by atoms with van der Waals surface area (Å²) in [6.07, 6.45) is 0.958. The predicted molar refractivity (Wildman–Crippen MR) is 198 cm³/mol. The molecule has 0 amide bonds. The van der Waals surface area contributed by atoms with Crippen molar-refractivity contribution in [3.05, 3.63) is 199 Å². The molecule has 0 bridgehead atoms. The van der Waals surface area contributed by atoms with Crippen LogP contribution < -0.4 is 15.9 Å². The first-order chi connectivity index (χ1) is 22.3. The molecular weight excluding hydrogens is 559 g/mol. The van der Waals surface area contributed by atoms with E-state index in [1.165, 1.54) is 60.4 Å². The topological polar surface area (TPSA) is 0 Å². The van der Waals surface area contributed by atoms with E-state index < -0.39 is 7.26 Å². The van der Waals surface area contributed by atoms with Crippen LogP contribution in [0.25, 0.3) is 33.4 Å². The second kappa shape index (κ2) is 12.9. The Hall–Kier alpha value is -5.03. The van der Waals surface area contributed by atoms with Gasteiger partial charge < -0.3 is 0 Å². The first-order valence-electron chi connectivity index (χ1n) is 15.7. The number of rotatable bonds is 8. The van der Waals surface area contributed by atoms with Crippen LogP contribution in [-0.4, -0.2) is 0 Å². The number of hydrogen-bond donors (Lipinski definition) is 0. The van der Waals surface area contributed by atoms with Crippen LogP contribution in [0.5, 0.6) is 0 Å². The molecule has 0 aromatic heterocycles. The Morgan fingerprint density at radius 2 is 0.733 bits per heavy atom. The van der Waals surface area contributed by atoms with E-state index in [1.54, 1.807) is 0 Å². The first kappa shape index (κ1) is 28.7. The molecule has 0 radical (unpaired) electrons. The van der Waals surface area contributed by atoms with Crippen LogP contribution in [0.3, 0.4) is 0 Å². The van der Waals surface area contributed by atoms with Crippen LogP contribution in [0.4, 0.5) is 0 Å². The van der Waals surface area contributed by atoms with Crippen LogP contribution in [0, 0.1) is 6.92 Å². The summed E-state index contributed by atoms with van der Waals surface area (Å²) in [7, 11) is -2.71. The second-order valence-electron chi connectivity index (χ2n) is 11.8. The minimum atomic E-state index is -2.71. The van der Waals surface area contributed by atoms with Crippen molar-refractivity contribution in [1.82, 2.24) is 0 Å². The van der Waals surface area contributed by atoms with Gasteiger partial charge in [0.05, 0.1) is 0 Å². The van der Waals surface area contributed by atoms with Gasteiger partial charge in [-0.3, -0.25) is 0 Å². The summed E-state index contributed by atoms with van der Waals surface area (Å²) in [6, 6.07) is 69.3. The fourth-order valence-corrected chi connectivity index (χ4v) is 12.1. The van der Waals surface area contributed by atoms with Crippen molar-refractivity contribution < 1.29 is 0 Å². The maximum atomic E-state index is 2.55. The van der Waals surface area contributed by atoms with Crippen molar-refractivity contribution in [3.63, 3.8) is 0 Å². The molecule has 1 heteroatoms. The van der Waals surface area contributed by atoms with Gasteiger partial charge in [-0.25, -0.2) is 0 Å². The van der Waals surface area contributed by atoms with Gasteiger partial charge in [0.1, 0.15) is 0 Å². The fraction of sp³-hybridized carbons (Fsp3) is 0.0455. The molecule has 0 saturated carbocycles. The molecule has 0 unspecified atom stereocenters.